The lowest BCUT2D eigenvalue weighted by atomic mass is 10.1. The summed E-state index contributed by atoms with van der Waals surface area (Å²) in [5.41, 5.74) is 2.05. The highest BCUT2D eigenvalue weighted by molar-refractivity contribution is 5.57. The number of aryl methyl sites for hydroxylation is 1. The van der Waals surface area contributed by atoms with Gasteiger partial charge in [-0.15, -0.1) is 0 Å². The van der Waals surface area contributed by atoms with Crippen molar-refractivity contribution in [3.8, 4) is 0 Å². The number of piperidine rings is 1. The fourth-order valence-electron chi connectivity index (χ4n) is 2.62. The zero-order valence-corrected chi connectivity index (χ0v) is 11.6. The van der Waals surface area contributed by atoms with Crippen LogP contribution in [-0.2, 0) is 4.74 Å². The van der Waals surface area contributed by atoms with Crippen molar-refractivity contribution in [2.45, 2.75) is 25.9 Å². The molecular weight excluding hydrogens is 260 g/mol. The predicted molar refractivity (Wildman–Crippen MR) is 76.1 cm³/mol. The first-order chi connectivity index (χ1) is 9.61. The van der Waals surface area contributed by atoms with Crippen LogP contribution in [0.3, 0.4) is 0 Å². The van der Waals surface area contributed by atoms with E-state index in [1.54, 1.807) is 12.1 Å². The molecule has 2 rings (SSSR count). The van der Waals surface area contributed by atoms with Crippen molar-refractivity contribution in [1.82, 2.24) is 0 Å². The molecule has 1 N–H and O–H groups in total. The Morgan fingerprint density at radius 1 is 1.55 bits per heavy atom. The van der Waals surface area contributed by atoms with Gasteiger partial charge in [0, 0.05) is 30.9 Å². The van der Waals surface area contributed by atoms with Crippen LogP contribution in [0.5, 0.6) is 0 Å². The van der Waals surface area contributed by atoms with E-state index in [1.165, 1.54) is 0 Å². The highest BCUT2D eigenvalue weighted by atomic mass is 16.6. The van der Waals surface area contributed by atoms with Gasteiger partial charge in [-0.3, -0.25) is 10.1 Å². The van der Waals surface area contributed by atoms with Crippen LogP contribution in [0.1, 0.15) is 18.4 Å². The van der Waals surface area contributed by atoms with Crippen LogP contribution in [0.15, 0.2) is 18.2 Å². The number of hydrogen-bond donors (Lipinski definition) is 1. The van der Waals surface area contributed by atoms with E-state index in [4.69, 9.17) is 9.84 Å². The fraction of sp³-hybridized carbons (Fsp3) is 0.571. The Labute approximate surface area is 118 Å². The monoisotopic (exact) mass is 280 g/mol. The van der Waals surface area contributed by atoms with Crippen molar-refractivity contribution in [1.29, 1.82) is 0 Å². The normalized spacial score (nSPS) is 19.1. The Morgan fingerprint density at radius 3 is 3.00 bits per heavy atom. The van der Waals surface area contributed by atoms with Crippen LogP contribution in [0.25, 0.3) is 0 Å². The molecule has 1 heterocycles. The van der Waals surface area contributed by atoms with Crippen LogP contribution in [0, 0.1) is 17.0 Å². The lowest BCUT2D eigenvalue weighted by molar-refractivity contribution is -0.384. The lowest BCUT2D eigenvalue weighted by Gasteiger charge is -2.35. The number of benzene rings is 1. The van der Waals surface area contributed by atoms with Crippen LogP contribution < -0.4 is 4.90 Å². The minimum atomic E-state index is -0.375. The number of nitro groups is 1. The molecule has 1 aromatic rings. The first-order valence-electron chi connectivity index (χ1n) is 6.84. The Hall–Kier alpha value is -1.66. The fourth-order valence-corrected chi connectivity index (χ4v) is 2.62. The van der Waals surface area contributed by atoms with Gasteiger partial charge in [-0.2, -0.15) is 0 Å². The predicted octanol–water partition coefficient (Wildman–Crippen LogP) is 1.88. The summed E-state index contributed by atoms with van der Waals surface area (Å²) in [5, 5.41) is 19.6. The number of aliphatic hydroxyl groups is 1. The van der Waals surface area contributed by atoms with E-state index in [0.29, 0.717) is 6.61 Å². The largest absolute Gasteiger partial charge is 0.394 e. The van der Waals surface area contributed by atoms with Gasteiger partial charge in [-0.25, -0.2) is 0 Å². The highest BCUT2D eigenvalue weighted by Gasteiger charge is 2.22. The minimum Gasteiger partial charge on any atom is -0.394 e. The summed E-state index contributed by atoms with van der Waals surface area (Å²) in [5.74, 6) is 0. The van der Waals surface area contributed by atoms with E-state index >= 15 is 0 Å². The summed E-state index contributed by atoms with van der Waals surface area (Å²) in [6.07, 6.45) is 2.13. The van der Waals surface area contributed by atoms with Gasteiger partial charge in [0.05, 0.1) is 24.2 Å². The van der Waals surface area contributed by atoms with Crippen molar-refractivity contribution in [2.24, 2.45) is 0 Å². The quantitative estimate of drug-likeness (QED) is 0.658. The molecule has 6 nitrogen and oxygen atoms in total. The molecule has 1 aliphatic heterocycles. The Morgan fingerprint density at radius 2 is 2.35 bits per heavy atom. The molecule has 1 aromatic carbocycles. The molecule has 0 bridgehead atoms. The molecule has 110 valence electrons. The lowest BCUT2D eigenvalue weighted by Crippen LogP contribution is -2.40. The third kappa shape index (κ3) is 3.46. The summed E-state index contributed by atoms with van der Waals surface area (Å²) in [7, 11) is 0. The number of aliphatic hydroxyl groups excluding tert-OH is 1. The Kier molecular flexibility index (Phi) is 4.92. The maximum Gasteiger partial charge on any atom is 0.269 e. The second-order valence-corrected chi connectivity index (χ2v) is 5.03. The van der Waals surface area contributed by atoms with Crippen molar-refractivity contribution >= 4 is 11.4 Å². The molecule has 1 fully saturated rings. The second-order valence-electron chi connectivity index (χ2n) is 5.03. The van der Waals surface area contributed by atoms with Gasteiger partial charge in [0.15, 0.2) is 0 Å². The highest BCUT2D eigenvalue weighted by Crippen LogP contribution is 2.27. The molecule has 0 aromatic heterocycles. The Bertz CT molecular complexity index is 478. The molecule has 0 amide bonds. The number of ether oxygens (including phenoxy) is 1. The third-order valence-corrected chi connectivity index (χ3v) is 3.55. The molecule has 0 radical (unpaired) electrons. The third-order valence-electron chi connectivity index (χ3n) is 3.55. The van der Waals surface area contributed by atoms with Gasteiger partial charge >= 0.3 is 0 Å². The van der Waals surface area contributed by atoms with E-state index in [0.717, 1.165) is 37.2 Å². The number of rotatable bonds is 5. The standard InChI is InChI=1S/C14H20N2O4/c1-11-9-12(16(18)19)4-5-14(11)15-6-2-3-13(10-15)20-8-7-17/h4-5,9,13,17H,2-3,6-8,10H2,1H3/t13-/m0/s1. The van der Waals surface area contributed by atoms with E-state index < -0.39 is 0 Å². The minimum absolute atomic E-state index is 0.0348. The number of nitro benzene ring substituents is 1. The van der Waals surface area contributed by atoms with E-state index in [1.807, 2.05) is 13.0 Å². The van der Waals surface area contributed by atoms with Crippen LogP contribution in [0.2, 0.25) is 0 Å². The topological polar surface area (TPSA) is 75.8 Å². The van der Waals surface area contributed by atoms with Gasteiger partial charge in [0.1, 0.15) is 0 Å². The van der Waals surface area contributed by atoms with Crippen LogP contribution in [-0.4, -0.2) is 42.4 Å². The van der Waals surface area contributed by atoms with Crippen molar-refractivity contribution in [2.75, 3.05) is 31.2 Å². The molecule has 0 unspecified atom stereocenters. The van der Waals surface area contributed by atoms with E-state index in [9.17, 15) is 10.1 Å². The SMILES string of the molecule is Cc1cc([N+](=O)[O-])ccc1N1CCC[C@H](OCCO)C1. The molecular formula is C14H20N2O4. The molecule has 20 heavy (non-hydrogen) atoms. The molecule has 1 aliphatic rings. The van der Waals surface area contributed by atoms with E-state index in [2.05, 4.69) is 4.90 Å². The van der Waals surface area contributed by atoms with Crippen LogP contribution >= 0.6 is 0 Å². The molecule has 0 aliphatic carbocycles. The zero-order chi connectivity index (χ0) is 14.5. The molecule has 6 heteroatoms. The first-order valence-corrected chi connectivity index (χ1v) is 6.84. The van der Waals surface area contributed by atoms with Gasteiger partial charge in [0.25, 0.3) is 5.69 Å². The van der Waals surface area contributed by atoms with Crippen molar-refractivity contribution in [3.63, 3.8) is 0 Å². The smallest absolute Gasteiger partial charge is 0.269 e. The number of nitrogens with zero attached hydrogens (tertiary/aromatic N) is 2. The van der Waals surface area contributed by atoms with Gasteiger partial charge in [-0.05, 0) is 31.4 Å². The van der Waals surface area contributed by atoms with Crippen molar-refractivity contribution < 1.29 is 14.8 Å². The van der Waals surface area contributed by atoms with Gasteiger partial charge in [0.2, 0.25) is 0 Å². The van der Waals surface area contributed by atoms with Gasteiger partial charge in [-0.1, -0.05) is 0 Å². The van der Waals surface area contributed by atoms with Crippen LogP contribution in [0.4, 0.5) is 11.4 Å². The molecule has 0 spiro atoms. The summed E-state index contributed by atoms with van der Waals surface area (Å²) >= 11 is 0. The van der Waals surface area contributed by atoms with Gasteiger partial charge < -0.3 is 14.7 Å². The van der Waals surface area contributed by atoms with E-state index in [-0.39, 0.29) is 23.3 Å². The maximum atomic E-state index is 10.8. The number of anilines is 1. The average molecular weight is 280 g/mol. The molecule has 1 saturated heterocycles. The Balaban J connectivity index is 2.08. The first kappa shape index (κ1) is 14.7. The summed E-state index contributed by atoms with van der Waals surface area (Å²) in [6.45, 7) is 3.97. The summed E-state index contributed by atoms with van der Waals surface area (Å²) in [6, 6.07) is 4.95. The second kappa shape index (κ2) is 6.67. The zero-order valence-electron chi connectivity index (χ0n) is 11.6. The number of non-ortho nitro benzene ring substituents is 1. The molecule has 0 saturated carbocycles. The summed E-state index contributed by atoms with van der Waals surface area (Å²) in [4.78, 5) is 12.6. The summed E-state index contributed by atoms with van der Waals surface area (Å²) < 4.78 is 5.59. The average Bonchev–Trinajstić information content (AvgIpc) is 2.45. The number of hydrogen-bond acceptors (Lipinski definition) is 5. The molecule has 1 atom stereocenters. The maximum absolute atomic E-state index is 10.8. The van der Waals surface area contributed by atoms with Crippen molar-refractivity contribution in [3.05, 3.63) is 33.9 Å².